The van der Waals surface area contributed by atoms with Crippen molar-refractivity contribution in [2.24, 2.45) is 0 Å². The zero-order valence-electron chi connectivity index (χ0n) is 10.1. The molecule has 0 aromatic carbocycles. The first-order valence-electron chi connectivity index (χ1n) is 5.39. The molecule has 0 saturated heterocycles. The number of carbonyl (C=O) groups is 1. The molecule has 94 valence electrons. The Balaban J connectivity index is 3.28. The number of pyridine rings is 1. The predicted molar refractivity (Wildman–Crippen MR) is 59.5 cm³/mol. The monoisotopic (exact) mass is 243 g/mol. The summed E-state index contributed by atoms with van der Waals surface area (Å²) in [4.78, 5) is 14.6. The van der Waals surface area contributed by atoms with Crippen molar-refractivity contribution in [2.45, 2.75) is 39.5 Å². The highest BCUT2D eigenvalue weighted by Gasteiger charge is 2.33. The fourth-order valence-corrected chi connectivity index (χ4v) is 1.78. The summed E-state index contributed by atoms with van der Waals surface area (Å²) >= 11 is 0. The number of carboxylic acids is 1. The topological polar surface area (TPSA) is 50.2 Å². The number of aromatic nitrogens is 1. The molecule has 0 aliphatic carbocycles. The van der Waals surface area contributed by atoms with Crippen LogP contribution in [-0.2, 0) is 5.92 Å². The Labute approximate surface area is 98.5 Å². The standard InChI is InChI=1S/C12H15F2NO2/c1-4-5-12(13,14)9-6-7(2)10(11(16)17)8(3)15-9/h6H,4-5H2,1-3H3,(H,16,17). The first-order valence-corrected chi connectivity index (χ1v) is 5.39. The van der Waals surface area contributed by atoms with Gasteiger partial charge in [0.1, 0.15) is 5.69 Å². The van der Waals surface area contributed by atoms with E-state index in [1.807, 2.05) is 0 Å². The highest BCUT2D eigenvalue weighted by atomic mass is 19.3. The van der Waals surface area contributed by atoms with Crippen molar-refractivity contribution in [3.63, 3.8) is 0 Å². The van der Waals surface area contributed by atoms with Gasteiger partial charge in [0.2, 0.25) is 0 Å². The van der Waals surface area contributed by atoms with Crippen LogP contribution in [0.15, 0.2) is 6.07 Å². The Morgan fingerprint density at radius 3 is 2.47 bits per heavy atom. The van der Waals surface area contributed by atoms with Crippen LogP contribution in [-0.4, -0.2) is 16.1 Å². The summed E-state index contributed by atoms with van der Waals surface area (Å²) in [7, 11) is 0. The Bertz CT molecular complexity index is 421. The average Bonchev–Trinajstić information content (AvgIpc) is 2.15. The predicted octanol–water partition coefficient (Wildman–Crippen LogP) is 3.29. The molecule has 0 unspecified atom stereocenters. The fraction of sp³-hybridized carbons (Fsp3) is 0.500. The van der Waals surface area contributed by atoms with Gasteiger partial charge in [0.05, 0.1) is 11.3 Å². The molecule has 0 radical (unpaired) electrons. The van der Waals surface area contributed by atoms with Gasteiger partial charge in [0.15, 0.2) is 0 Å². The van der Waals surface area contributed by atoms with Crippen LogP contribution in [0.2, 0.25) is 0 Å². The van der Waals surface area contributed by atoms with E-state index in [1.165, 1.54) is 13.8 Å². The molecule has 1 N–H and O–H groups in total. The molecule has 0 fully saturated rings. The molecule has 0 aliphatic rings. The van der Waals surface area contributed by atoms with Gasteiger partial charge in [-0.3, -0.25) is 4.98 Å². The Morgan fingerprint density at radius 2 is 2.06 bits per heavy atom. The highest BCUT2D eigenvalue weighted by Crippen LogP contribution is 2.32. The van der Waals surface area contributed by atoms with E-state index >= 15 is 0 Å². The van der Waals surface area contributed by atoms with E-state index in [4.69, 9.17) is 5.11 Å². The molecule has 0 spiro atoms. The zero-order valence-corrected chi connectivity index (χ0v) is 10.1. The lowest BCUT2D eigenvalue weighted by Crippen LogP contribution is -2.18. The number of halogens is 2. The smallest absolute Gasteiger partial charge is 0.337 e. The van der Waals surface area contributed by atoms with Crippen LogP contribution < -0.4 is 0 Å². The van der Waals surface area contributed by atoms with Crippen LogP contribution in [0.4, 0.5) is 8.78 Å². The quantitative estimate of drug-likeness (QED) is 0.882. The number of hydrogen-bond acceptors (Lipinski definition) is 2. The van der Waals surface area contributed by atoms with Crippen molar-refractivity contribution in [1.82, 2.24) is 4.98 Å². The third-order valence-electron chi connectivity index (χ3n) is 2.55. The molecule has 0 saturated carbocycles. The lowest BCUT2D eigenvalue weighted by molar-refractivity contribution is -0.0186. The van der Waals surface area contributed by atoms with Crippen molar-refractivity contribution < 1.29 is 18.7 Å². The molecule has 0 bridgehead atoms. The third-order valence-corrected chi connectivity index (χ3v) is 2.55. The molecule has 17 heavy (non-hydrogen) atoms. The summed E-state index contributed by atoms with van der Waals surface area (Å²) in [6, 6.07) is 1.16. The summed E-state index contributed by atoms with van der Waals surface area (Å²) in [5.74, 6) is -4.14. The maximum atomic E-state index is 13.6. The van der Waals surface area contributed by atoms with Crippen LogP contribution in [0.1, 0.15) is 47.1 Å². The average molecular weight is 243 g/mol. The van der Waals surface area contributed by atoms with E-state index in [9.17, 15) is 13.6 Å². The highest BCUT2D eigenvalue weighted by molar-refractivity contribution is 5.90. The van der Waals surface area contributed by atoms with Crippen LogP contribution in [0.5, 0.6) is 0 Å². The summed E-state index contributed by atoms with van der Waals surface area (Å²) in [5, 5.41) is 8.92. The number of hydrogen-bond donors (Lipinski definition) is 1. The van der Waals surface area contributed by atoms with E-state index in [0.29, 0.717) is 12.0 Å². The zero-order chi connectivity index (χ0) is 13.2. The van der Waals surface area contributed by atoms with Gasteiger partial charge in [-0.15, -0.1) is 0 Å². The number of alkyl halides is 2. The maximum absolute atomic E-state index is 13.6. The molecule has 0 atom stereocenters. The third kappa shape index (κ3) is 2.78. The molecule has 0 aliphatic heterocycles. The normalized spacial score (nSPS) is 11.6. The van der Waals surface area contributed by atoms with Crippen LogP contribution >= 0.6 is 0 Å². The lowest BCUT2D eigenvalue weighted by atomic mass is 10.0. The van der Waals surface area contributed by atoms with Gasteiger partial charge in [-0.1, -0.05) is 13.3 Å². The lowest BCUT2D eigenvalue weighted by Gasteiger charge is -2.17. The van der Waals surface area contributed by atoms with E-state index < -0.39 is 11.9 Å². The summed E-state index contributed by atoms with van der Waals surface area (Å²) in [5.41, 5.74) is 0.0967. The first kappa shape index (κ1) is 13.5. The molecule has 3 nitrogen and oxygen atoms in total. The van der Waals surface area contributed by atoms with Crippen molar-refractivity contribution in [3.05, 3.63) is 28.6 Å². The van der Waals surface area contributed by atoms with Crippen molar-refractivity contribution in [2.75, 3.05) is 0 Å². The minimum Gasteiger partial charge on any atom is -0.478 e. The molecule has 1 heterocycles. The van der Waals surface area contributed by atoms with Gasteiger partial charge < -0.3 is 5.11 Å². The van der Waals surface area contributed by atoms with Gasteiger partial charge in [-0.25, -0.2) is 4.79 Å². The molecule has 1 rings (SSSR count). The van der Waals surface area contributed by atoms with Crippen LogP contribution in [0.3, 0.4) is 0 Å². The summed E-state index contributed by atoms with van der Waals surface area (Å²) in [6.45, 7) is 4.60. The maximum Gasteiger partial charge on any atom is 0.337 e. The molecular weight excluding hydrogens is 228 g/mol. The van der Waals surface area contributed by atoms with Crippen molar-refractivity contribution in [1.29, 1.82) is 0 Å². The second kappa shape index (κ2) is 4.77. The Kier molecular flexibility index (Phi) is 3.80. The fourth-order valence-electron chi connectivity index (χ4n) is 1.78. The van der Waals surface area contributed by atoms with Crippen LogP contribution in [0.25, 0.3) is 0 Å². The largest absolute Gasteiger partial charge is 0.478 e. The van der Waals surface area contributed by atoms with Gasteiger partial charge >= 0.3 is 5.97 Å². The van der Waals surface area contributed by atoms with E-state index in [0.717, 1.165) is 6.07 Å². The molecule has 0 amide bonds. The van der Waals surface area contributed by atoms with Crippen molar-refractivity contribution >= 4 is 5.97 Å². The Hall–Kier alpha value is -1.52. The first-order chi connectivity index (χ1) is 7.79. The molecule has 5 heteroatoms. The van der Waals surface area contributed by atoms with Gasteiger partial charge in [-0.2, -0.15) is 8.78 Å². The minimum absolute atomic E-state index is 0.000971. The molecular formula is C12H15F2NO2. The van der Waals surface area contributed by atoms with Gasteiger partial charge in [-0.05, 0) is 25.5 Å². The second-order valence-electron chi connectivity index (χ2n) is 4.04. The van der Waals surface area contributed by atoms with E-state index in [1.54, 1.807) is 6.92 Å². The van der Waals surface area contributed by atoms with Crippen molar-refractivity contribution in [3.8, 4) is 0 Å². The number of aromatic carboxylic acids is 1. The van der Waals surface area contributed by atoms with E-state index in [2.05, 4.69) is 4.98 Å². The molecule has 1 aromatic rings. The van der Waals surface area contributed by atoms with Gasteiger partial charge in [0.25, 0.3) is 5.92 Å². The molecule has 1 aromatic heterocycles. The second-order valence-corrected chi connectivity index (χ2v) is 4.04. The SMILES string of the molecule is CCCC(F)(F)c1cc(C)c(C(=O)O)c(C)n1. The Morgan fingerprint density at radius 1 is 1.47 bits per heavy atom. The summed E-state index contributed by atoms with van der Waals surface area (Å²) in [6.07, 6.45) is 0.0543. The number of rotatable bonds is 4. The number of nitrogens with zero attached hydrogens (tertiary/aromatic N) is 1. The van der Waals surface area contributed by atoms with Crippen LogP contribution in [0, 0.1) is 13.8 Å². The van der Waals surface area contributed by atoms with Gasteiger partial charge in [0, 0.05) is 6.42 Å². The summed E-state index contributed by atoms with van der Waals surface area (Å²) < 4.78 is 27.3. The number of aryl methyl sites for hydroxylation is 2. The minimum atomic E-state index is -3.00. The van der Waals surface area contributed by atoms with E-state index in [-0.39, 0.29) is 23.4 Å². The number of carboxylic acid groups (broad SMARTS) is 1.